The second kappa shape index (κ2) is 7.64. The standard InChI is InChI=1S/C26H21F2N3O/c1-16-10-18-13-22(7-9-23(18)30(16)2)29-26(32)25-14-19-12-21(28)6-8-24(19)31(25)15-17-4-3-5-20(27)11-17/h3-14H,15H2,1-2H3,(H,29,32). The first kappa shape index (κ1) is 20.0. The molecule has 0 spiro atoms. The lowest BCUT2D eigenvalue weighted by atomic mass is 10.2. The van der Waals surface area contributed by atoms with Gasteiger partial charge in [-0.15, -0.1) is 0 Å². The summed E-state index contributed by atoms with van der Waals surface area (Å²) in [5.74, 6) is -1.04. The molecule has 1 amide bonds. The van der Waals surface area contributed by atoms with Crippen LogP contribution in [0.4, 0.5) is 14.5 Å². The molecule has 0 saturated heterocycles. The first-order chi connectivity index (χ1) is 15.4. The van der Waals surface area contributed by atoms with Crippen molar-refractivity contribution >= 4 is 33.4 Å². The molecule has 3 aromatic carbocycles. The number of hydrogen-bond acceptors (Lipinski definition) is 1. The second-order valence-electron chi connectivity index (χ2n) is 8.02. The number of halogens is 2. The Morgan fingerprint density at radius 1 is 0.875 bits per heavy atom. The fourth-order valence-electron chi connectivity index (χ4n) is 4.18. The number of aryl methyl sites for hydroxylation is 2. The van der Waals surface area contributed by atoms with E-state index in [1.54, 1.807) is 28.8 Å². The van der Waals surface area contributed by atoms with E-state index in [1.165, 1.54) is 24.3 Å². The number of anilines is 1. The Bertz CT molecular complexity index is 1500. The minimum absolute atomic E-state index is 0.284. The number of aromatic nitrogens is 2. The molecule has 5 rings (SSSR count). The van der Waals surface area contributed by atoms with Crippen molar-refractivity contribution < 1.29 is 13.6 Å². The molecule has 0 radical (unpaired) electrons. The number of carbonyl (C=O) groups is 1. The van der Waals surface area contributed by atoms with Gasteiger partial charge in [-0.25, -0.2) is 8.78 Å². The van der Waals surface area contributed by atoms with Crippen LogP contribution in [0.1, 0.15) is 21.7 Å². The molecular weight excluding hydrogens is 408 g/mol. The Morgan fingerprint density at radius 3 is 2.44 bits per heavy atom. The van der Waals surface area contributed by atoms with Gasteiger partial charge in [0.25, 0.3) is 5.91 Å². The molecule has 0 aliphatic rings. The van der Waals surface area contributed by atoms with Gasteiger partial charge < -0.3 is 14.5 Å². The summed E-state index contributed by atoms with van der Waals surface area (Å²) in [6.45, 7) is 2.31. The number of nitrogens with one attached hydrogen (secondary N) is 1. The van der Waals surface area contributed by atoms with Crippen LogP contribution in [0.15, 0.2) is 72.8 Å². The highest BCUT2D eigenvalue weighted by atomic mass is 19.1. The van der Waals surface area contributed by atoms with Crippen LogP contribution in [-0.2, 0) is 13.6 Å². The summed E-state index contributed by atoms with van der Waals surface area (Å²) in [6, 6.07) is 20.1. The smallest absolute Gasteiger partial charge is 0.272 e. The van der Waals surface area contributed by atoms with Crippen molar-refractivity contribution in [3.63, 3.8) is 0 Å². The third-order valence-electron chi connectivity index (χ3n) is 5.87. The van der Waals surface area contributed by atoms with E-state index in [2.05, 4.69) is 16.0 Å². The molecule has 0 atom stereocenters. The molecule has 0 fully saturated rings. The van der Waals surface area contributed by atoms with Crippen molar-refractivity contribution in [3.8, 4) is 0 Å². The van der Waals surface area contributed by atoms with E-state index in [-0.39, 0.29) is 24.1 Å². The zero-order chi connectivity index (χ0) is 22.4. The molecule has 32 heavy (non-hydrogen) atoms. The van der Waals surface area contributed by atoms with Crippen molar-refractivity contribution in [2.45, 2.75) is 13.5 Å². The highest BCUT2D eigenvalue weighted by molar-refractivity contribution is 6.07. The van der Waals surface area contributed by atoms with Crippen LogP contribution in [0.2, 0.25) is 0 Å². The average Bonchev–Trinajstić information content (AvgIpc) is 3.24. The van der Waals surface area contributed by atoms with E-state index in [1.807, 2.05) is 32.2 Å². The van der Waals surface area contributed by atoms with Gasteiger partial charge in [-0.3, -0.25) is 4.79 Å². The Kier molecular flexibility index (Phi) is 4.78. The molecule has 0 unspecified atom stereocenters. The van der Waals surface area contributed by atoms with Gasteiger partial charge in [0.15, 0.2) is 0 Å². The van der Waals surface area contributed by atoms with Crippen LogP contribution >= 0.6 is 0 Å². The van der Waals surface area contributed by atoms with E-state index in [9.17, 15) is 13.6 Å². The number of nitrogens with zero attached hydrogens (tertiary/aromatic N) is 2. The topological polar surface area (TPSA) is 39.0 Å². The number of rotatable bonds is 4. The molecule has 160 valence electrons. The van der Waals surface area contributed by atoms with Gasteiger partial charge in [0.1, 0.15) is 17.3 Å². The molecule has 0 saturated carbocycles. The average molecular weight is 429 g/mol. The monoisotopic (exact) mass is 429 g/mol. The third-order valence-corrected chi connectivity index (χ3v) is 5.87. The lowest BCUT2D eigenvalue weighted by Crippen LogP contribution is -2.17. The number of benzene rings is 3. The first-order valence-electron chi connectivity index (χ1n) is 10.3. The quantitative estimate of drug-likeness (QED) is 0.373. The Labute approximate surface area is 183 Å². The highest BCUT2D eigenvalue weighted by Crippen LogP contribution is 2.26. The van der Waals surface area contributed by atoms with Crippen molar-refractivity contribution in [2.24, 2.45) is 7.05 Å². The Morgan fingerprint density at radius 2 is 1.62 bits per heavy atom. The van der Waals surface area contributed by atoms with Crippen LogP contribution < -0.4 is 5.32 Å². The van der Waals surface area contributed by atoms with Crippen LogP contribution in [0, 0.1) is 18.6 Å². The number of amides is 1. The van der Waals surface area contributed by atoms with Gasteiger partial charge in [0.2, 0.25) is 0 Å². The third kappa shape index (κ3) is 3.54. The predicted octanol–water partition coefficient (Wildman–Crippen LogP) is 6.02. The first-order valence-corrected chi connectivity index (χ1v) is 10.3. The lowest BCUT2D eigenvalue weighted by Gasteiger charge is -2.12. The molecule has 0 bridgehead atoms. The van der Waals surface area contributed by atoms with Crippen molar-refractivity contribution in [1.82, 2.24) is 9.13 Å². The SMILES string of the molecule is Cc1cc2cc(NC(=O)c3cc4cc(F)ccc4n3Cc3cccc(F)c3)ccc2n1C. The summed E-state index contributed by atoms with van der Waals surface area (Å²) >= 11 is 0. The summed E-state index contributed by atoms with van der Waals surface area (Å²) in [7, 11) is 2.00. The van der Waals surface area contributed by atoms with Crippen molar-refractivity contribution in [1.29, 1.82) is 0 Å². The maximum absolute atomic E-state index is 13.8. The predicted molar refractivity (Wildman–Crippen MR) is 123 cm³/mol. The van der Waals surface area contributed by atoms with Gasteiger partial charge in [-0.05, 0) is 73.2 Å². The largest absolute Gasteiger partial charge is 0.348 e. The van der Waals surface area contributed by atoms with Crippen LogP contribution in [0.3, 0.4) is 0 Å². The summed E-state index contributed by atoms with van der Waals surface area (Å²) in [4.78, 5) is 13.2. The number of fused-ring (bicyclic) bond motifs is 2. The van der Waals surface area contributed by atoms with E-state index in [4.69, 9.17) is 0 Å². The van der Waals surface area contributed by atoms with E-state index in [0.717, 1.165) is 16.6 Å². The van der Waals surface area contributed by atoms with E-state index >= 15 is 0 Å². The lowest BCUT2D eigenvalue weighted by molar-refractivity contribution is 0.101. The molecule has 1 N–H and O–H groups in total. The number of carbonyl (C=O) groups excluding carboxylic acids is 1. The molecule has 0 aliphatic carbocycles. The molecule has 0 aliphatic heterocycles. The van der Waals surface area contributed by atoms with Crippen molar-refractivity contribution in [2.75, 3.05) is 5.32 Å². The summed E-state index contributed by atoms with van der Waals surface area (Å²) in [5, 5.41) is 4.60. The maximum Gasteiger partial charge on any atom is 0.272 e. The van der Waals surface area contributed by atoms with Crippen LogP contribution in [-0.4, -0.2) is 15.0 Å². The highest BCUT2D eigenvalue weighted by Gasteiger charge is 2.17. The minimum atomic E-state index is -0.378. The van der Waals surface area contributed by atoms with Gasteiger partial charge in [-0.1, -0.05) is 12.1 Å². The van der Waals surface area contributed by atoms with E-state index < -0.39 is 0 Å². The molecule has 6 heteroatoms. The fourth-order valence-corrected chi connectivity index (χ4v) is 4.18. The maximum atomic E-state index is 13.8. The van der Waals surface area contributed by atoms with E-state index in [0.29, 0.717) is 27.8 Å². The van der Waals surface area contributed by atoms with Gasteiger partial charge >= 0.3 is 0 Å². The Balaban J connectivity index is 1.54. The second-order valence-corrected chi connectivity index (χ2v) is 8.02. The molecule has 2 heterocycles. The summed E-state index contributed by atoms with van der Waals surface area (Å²) in [6.07, 6.45) is 0. The van der Waals surface area contributed by atoms with Crippen LogP contribution in [0.5, 0.6) is 0 Å². The molecule has 4 nitrogen and oxygen atoms in total. The zero-order valence-electron chi connectivity index (χ0n) is 17.7. The summed E-state index contributed by atoms with van der Waals surface area (Å²) in [5.41, 5.74) is 4.66. The fraction of sp³-hybridized carbons (Fsp3) is 0.115. The summed E-state index contributed by atoms with van der Waals surface area (Å²) < 4.78 is 31.4. The van der Waals surface area contributed by atoms with Gasteiger partial charge in [0.05, 0.1) is 0 Å². The molecule has 2 aromatic heterocycles. The van der Waals surface area contributed by atoms with Gasteiger partial charge in [-0.2, -0.15) is 0 Å². The normalized spacial score (nSPS) is 11.4. The van der Waals surface area contributed by atoms with Crippen molar-refractivity contribution in [3.05, 3.63) is 101 Å². The molecular formula is C26H21F2N3O. The zero-order valence-corrected chi connectivity index (χ0v) is 17.7. The molecule has 5 aromatic rings. The minimum Gasteiger partial charge on any atom is -0.348 e. The van der Waals surface area contributed by atoms with Gasteiger partial charge in [0, 0.05) is 46.8 Å². The van der Waals surface area contributed by atoms with Crippen LogP contribution in [0.25, 0.3) is 21.8 Å². The number of hydrogen-bond donors (Lipinski definition) is 1. The Hall–Kier alpha value is -3.93.